The van der Waals surface area contributed by atoms with E-state index in [1.807, 2.05) is 0 Å². The summed E-state index contributed by atoms with van der Waals surface area (Å²) in [6.45, 7) is 1.32. The third-order valence-corrected chi connectivity index (χ3v) is 4.27. The van der Waals surface area contributed by atoms with Crippen molar-refractivity contribution >= 4 is 11.7 Å². The lowest BCUT2D eigenvalue weighted by Gasteiger charge is -2.23. The van der Waals surface area contributed by atoms with Gasteiger partial charge in [0.15, 0.2) is 12.4 Å². The minimum Gasteiger partial charge on any atom is -0.484 e. The number of halogens is 2. The zero-order chi connectivity index (χ0) is 18.7. The highest BCUT2D eigenvalue weighted by Gasteiger charge is 2.33. The lowest BCUT2D eigenvalue weighted by atomic mass is 10.1. The van der Waals surface area contributed by atoms with Crippen LogP contribution in [0.4, 0.5) is 8.78 Å². The van der Waals surface area contributed by atoms with Crippen molar-refractivity contribution in [3.63, 3.8) is 0 Å². The number of nitrogens with zero attached hydrogens (tertiary/aromatic N) is 1. The molecule has 3 rings (SSSR count). The largest absolute Gasteiger partial charge is 0.484 e. The van der Waals surface area contributed by atoms with Gasteiger partial charge in [-0.2, -0.15) is 0 Å². The average molecular weight is 359 g/mol. The summed E-state index contributed by atoms with van der Waals surface area (Å²) in [4.78, 5) is 25.5. The first-order valence-electron chi connectivity index (χ1n) is 8.41. The number of benzene rings is 2. The Morgan fingerprint density at radius 3 is 2.58 bits per heavy atom. The van der Waals surface area contributed by atoms with E-state index in [9.17, 15) is 18.4 Å². The number of amides is 1. The number of hydrogen-bond donors (Lipinski definition) is 0. The number of carbonyl (C=O) groups excluding carboxylic acids is 2. The number of ether oxygens (including phenoxy) is 1. The zero-order valence-corrected chi connectivity index (χ0v) is 14.4. The molecule has 0 bridgehead atoms. The van der Waals surface area contributed by atoms with Crippen LogP contribution in [0.25, 0.3) is 0 Å². The lowest BCUT2D eigenvalue weighted by Crippen LogP contribution is -2.36. The molecule has 4 nitrogen and oxygen atoms in total. The number of Topliss-reactive ketones (excluding diaryl/α,β-unsaturated/α-hetero) is 1. The summed E-state index contributed by atoms with van der Waals surface area (Å²) in [5, 5.41) is 0. The molecule has 0 atom stereocenters. The first-order valence-corrected chi connectivity index (χ1v) is 8.41. The van der Waals surface area contributed by atoms with Gasteiger partial charge >= 0.3 is 0 Å². The van der Waals surface area contributed by atoms with Gasteiger partial charge in [0.2, 0.25) is 0 Å². The summed E-state index contributed by atoms with van der Waals surface area (Å²) in [6, 6.07) is 10.0. The highest BCUT2D eigenvalue weighted by Crippen LogP contribution is 2.29. The molecule has 1 aliphatic carbocycles. The predicted octanol–water partition coefficient (Wildman–Crippen LogP) is 3.74. The second-order valence-electron chi connectivity index (χ2n) is 6.36. The fourth-order valence-electron chi connectivity index (χ4n) is 2.67. The van der Waals surface area contributed by atoms with Gasteiger partial charge in [-0.3, -0.25) is 9.59 Å². The van der Waals surface area contributed by atoms with Gasteiger partial charge in [-0.25, -0.2) is 8.78 Å². The van der Waals surface area contributed by atoms with Gasteiger partial charge in [-0.05, 0) is 38.0 Å². The van der Waals surface area contributed by atoms with Crippen LogP contribution in [0.15, 0.2) is 42.5 Å². The van der Waals surface area contributed by atoms with E-state index in [4.69, 9.17) is 4.74 Å². The van der Waals surface area contributed by atoms with Crippen molar-refractivity contribution in [2.45, 2.75) is 32.4 Å². The van der Waals surface area contributed by atoms with E-state index in [0.717, 1.165) is 18.9 Å². The third-order valence-electron chi connectivity index (χ3n) is 4.27. The van der Waals surface area contributed by atoms with Crippen LogP contribution in [0.5, 0.6) is 5.75 Å². The Labute approximate surface area is 150 Å². The van der Waals surface area contributed by atoms with Gasteiger partial charge in [0.25, 0.3) is 5.91 Å². The average Bonchev–Trinajstić information content (AvgIpc) is 3.44. The number of carbonyl (C=O) groups is 2. The van der Waals surface area contributed by atoms with E-state index < -0.39 is 11.6 Å². The molecule has 0 radical (unpaired) electrons. The van der Waals surface area contributed by atoms with Crippen LogP contribution in [0.2, 0.25) is 0 Å². The molecule has 0 unspecified atom stereocenters. The van der Waals surface area contributed by atoms with Crippen LogP contribution in [-0.2, 0) is 11.3 Å². The Morgan fingerprint density at radius 2 is 1.92 bits per heavy atom. The van der Waals surface area contributed by atoms with Crippen molar-refractivity contribution < 1.29 is 23.1 Å². The monoisotopic (exact) mass is 359 g/mol. The van der Waals surface area contributed by atoms with E-state index in [0.29, 0.717) is 11.3 Å². The Balaban J connectivity index is 1.66. The molecular formula is C20H19F2NO3. The quantitative estimate of drug-likeness (QED) is 0.708. The molecule has 0 saturated heterocycles. The molecule has 0 spiro atoms. The summed E-state index contributed by atoms with van der Waals surface area (Å²) in [6.07, 6.45) is 1.71. The van der Waals surface area contributed by atoms with Gasteiger partial charge < -0.3 is 9.64 Å². The standard InChI is InChI=1S/C20H19F2NO3/c1-13(24)14-3-2-4-18(9-14)26-12-20(25)23(17-7-8-17)11-15-5-6-16(21)10-19(15)22/h2-6,9-10,17H,7-8,11-12H2,1H3. The zero-order valence-electron chi connectivity index (χ0n) is 14.4. The van der Waals surface area contributed by atoms with Gasteiger partial charge in [0, 0.05) is 29.8 Å². The first kappa shape index (κ1) is 18.0. The Bertz CT molecular complexity index is 834. The lowest BCUT2D eigenvalue weighted by molar-refractivity contribution is -0.134. The minimum atomic E-state index is -0.668. The summed E-state index contributed by atoms with van der Waals surface area (Å²) < 4.78 is 32.4. The molecule has 136 valence electrons. The maximum absolute atomic E-state index is 13.9. The fourth-order valence-corrected chi connectivity index (χ4v) is 2.67. The van der Waals surface area contributed by atoms with Crippen molar-refractivity contribution in [1.29, 1.82) is 0 Å². The van der Waals surface area contributed by atoms with Crippen LogP contribution in [0.3, 0.4) is 0 Å². The van der Waals surface area contributed by atoms with Crippen LogP contribution < -0.4 is 4.74 Å². The smallest absolute Gasteiger partial charge is 0.261 e. The van der Waals surface area contributed by atoms with E-state index in [1.54, 1.807) is 29.2 Å². The highest BCUT2D eigenvalue weighted by atomic mass is 19.1. The molecule has 0 heterocycles. The Hall–Kier alpha value is -2.76. The number of hydrogen-bond acceptors (Lipinski definition) is 3. The topological polar surface area (TPSA) is 46.6 Å². The molecule has 2 aromatic rings. The molecule has 1 amide bonds. The second kappa shape index (κ2) is 7.64. The maximum Gasteiger partial charge on any atom is 0.261 e. The highest BCUT2D eigenvalue weighted by molar-refractivity contribution is 5.94. The molecule has 2 aromatic carbocycles. The summed E-state index contributed by atoms with van der Waals surface area (Å²) in [5.41, 5.74) is 0.771. The maximum atomic E-state index is 13.9. The third kappa shape index (κ3) is 4.45. The van der Waals surface area contributed by atoms with Crippen LogP contribution in [0.1, 0.15) is 35.7 Å². The molecule has 0 aliphatic heterocycles. The van der Waals surface area contributed by atoms with E-state index in [-0.39, 0.29) is 36.4 Å². The van der Waals surface area contributed by atoms with E-state index in [1.165, 1.54) is 19.1 Å². The van der Waals surface area contributed by atoms with Crippen LogP contribution in [-0.4, -0.2) is 29.2 Å². The van der Waals surface area contributed by atoms with Crippen LogP contribution >= 0.6 is 0 Å². The minimum absolute atomic E-state index is 0.0547. The van der Waals surface area contributed by atoms with Crippen molar-refractivity contribution in [1.82, 2.24) is 4.90 Å². The van der Waals surface area contributed by atoms with Crippen molar-refractivity contribution in [2.75, 3.05) is 6.61 Å². The Morgan fingerprint density at radius 1 is 1.15 bits per heavy atom. The molecule has 26 heavy (non-hydrogen) atoms. The predicted molar refractivity (Wildman–Crippen MR) is 91.9 cm³/mol. The van der Waals surface area contributed by atoms with Crippen molar-refractivity contribution in [2.24, 2.45) is 0 Å². The van der Waals surface area contributed by atoms with Gasteiger partial charge in [0.05, 0.1) is 0 Å². The summed E-state index contributed by atoms with van der Waals surface area (Å²) >= 11 is 0. The van der Waals surface area contributed by atoms with Crippen LogP contribution in [0, 0.1) is 11.6 Å². The second-order valence-corrected chi connectivity index (χ2v) is 6.36. The SMILES string of the molecule is CC(=O)c1cccc(OCC(=O)N(Cc2ccc(F)cc2F)C2CC2)c1. The molecule has 1 fully saturated rings. The summed E-state index contributed by atoms with van der Waals surface area (Å²) in [7, 11) is 0. The van der Waals surface area contributed by atoms with Gasteiger partial charge in [0.1, 0.15) is 17.4 Å². The number of ketones is 1. The molecule has 1 aliphatic rings. The first-order chi connectivity index (χ1) is 12.4. The molecule has 0 N–H and O–H groups in total. The molecular weight excluding hydrogens is 340 g/mol. The van der Waals surface area contributed by atoms with Crippen molar-refractivity contribution in [3.8, 4) is 5.75 Å². The van der Waals surface area contributed by atoms with E-state index in [2.05, 4.69) is 0 Å². The number of rotatable bonds is 7. The molecule has 1 saturated carbocycles. The van der Waals surface area contributed by atoms with Crippen molar-refractivity contribution in [3.05, 3.63) is 65.2 Å². The Kier molecular flexibility index (Phi) is 5.30. The van der Waals surface area contributed by atoms with Gasteiger partial charge in [-0.15, -0.1) is 0 Å². The summed E-state index contributed by atoms with van der Waals surface area (Å²) in [5.74, 6) is -1.25. The normalized spacial score (nSPS) is 13.3. The fraction of sp³-hybridized carbons (Fsp3) is 0.300. The van der Waals surface area contributed by atoms with Gasteiger partial charge in [-0.1, -0.05) is 18.2 Å². The van der Waals surface area contributed by atoms with E-state index >= 15 is 0 Å². The molecule has 0 aromatic heterocycles. The molecule has 6 heteroatoms.